The molecule has 6 heteroatoms. The number of aromatic hydroxyl groups is 1. The molecule has 0 aliphatic carbocycles. The number of hydrogen-bond acceptors (Lipinski definition) is 3. The molecule has 0 bridgehead atoms. The lowest BCUT2D eigenvalue weighted by atomic mass is 10.1. The van der Waals surface area contributed by atoms with Crippen LogP contribution in [0.1, 0.15) is 5.56 Å². The monoisotopic (exact) mass is 244 g/mol. The fraction of sp³-hybridized carbons (Fsp3) is 0.364. The molecule has 1 unspecified atom stereocenters. The van der Waals surface area contributed by atoms with E-state index < -0.39 is 18.6 Å². The van der Waals surface area contributed by atoms with Gasteiger partial charge in [0.15, 0.2) is 5.92 Å². The third-order valence-corrected chi connectivity index (χ3v) is 2.21. The lowest BCUT2D eigenvalue weighted by molar-refractivity contribution is -0.157. The van der Waals surface area contributed by atoms with Gasteiger partial charge in [0.05, 0.1) is 6.07 Å². The average molecular weight is 244 g/mol. The SMILES string of the molecule is N#CC(CNCc1ccccc1O)C(F)(F)F. The zero-order chi connectivity index (χ0) is 12.9. The van der Waals surface area contributed by atoms with Gasteiger partial charge in [-0.3, -0.25) is 0 Å². The molecular weight excluding hydrogens is 233 g/mol. The summed E-state index contributed by atoms with van der Waals surface area (Å²) in [4.78, 5) is 0. The Balaban J connectivity index is 2.48. The van der Waals surface area contributed by atoms with Crippen molar-refractivity contribution in [3.05, 3.63) is 29.8 Å². The number of nitriles is 1. The zero-order valence-corrected chi connectivity index (χ0v) is 8.83. The third kappa shape index (κ3) is 3.96. The maximum absolute atomic E-state index is 12.2. The molecule has 0 heterocycles. The summed E-state index contributed by atoms with van der Waals surface area (Å²) in [7, 11) is 0. The number of nitrogens with one attached hydrogen (secondary N) is 1. The number of phenolic OH excluding ortho intramolecular Hbond substituents is 1. The van der Waals surface area contributed by atoms with Gasteiger partial charge in [0, 0.05) is 18.7 Å². The highest BCUT2D eigenvalue weighted by atomic mass is 19.4. The van der Waals surface area contributed by atoms with Gasteiger partial charge in [-0.25, -0.2) is 0 Å². The van der Waals surface area contributed by atoms with Crippen LogP contribution in [0.25, 0.3) is 0 Å². The van der Waals surface area contributed by atoms with E-state index in [0.29, 0.717) is 5.56 Å². The molecule has 3 nitrogen and oxygen atoms in total. The maximum Gasteiger partial charge on any atom is 0.405 e. The fourth-order valence-electron chi connectivity index (χ4n) is 1.25. The summed E-state index contributed by atoms with van der Waals surface area (Å²) < 4.78 is 36.6. The molecule has 1 rings (SSSR count). The number of rotatable bonds is 4. The van der Waals surface area contributed by atoms with Crippen molar-refractivity contribution in [2.75, 3.05) is 6.54 Å². The maximum atomic E-state index is 12.2. The van der Waals surface area contributed by atoms with E-state index in [1.165, 1.54) is 12.1 Å². The van der Waals surface area contributed by atoms with Gasteiger partial charge in [-0.05, 0) is 6.07 Å². The van der Waals surface area contributed by atoms with E-state index in [9.17, 15) is 18.3 Å². The molecular formula is C11H11F3N2O. The summed E-state index contributed by atoms with van der Waals surface area (Å²) in [5.74, 6) is -2.02. The molecule has 1 aromatic rings. The minimum atomic E-state index is -4.53. The van der Waals surface area contributed by atoms with E-state index in [2.05, 4.69) is 5.32 Å². The average Bonchev–Trinajstić information content (AvgIpc) is 2.25. The van der Waals surface area contributed by atoms with Crippen LogP contribution in [-0.4, -0.2) is 17.8 Å². The van der Waals surface area contributed by atoms with Crippen LogP contribution in [0.3, 0.4) is 0 Å². The summed E-state index contributed by atoms with van der Waals surface area (Å²) in [5.41, 5.74) is 0.492. The van der Waals surface area contributed by atoms with Crippen LogP contribution in [-0.2, 0) is 6.54 Å². The molecule has 1 aromatic carbocycles. The highest BCUT2D eigenvalue weighted by molar-refractivity contribution is 5.31. The van der Waals surface area contributed by atoms with E-state index in [4.69, 9.17) is 5.26 Å². The Kier molecular flexibility index (Phi) is 4.35. The van der Waals surface area contributed by atoms with Gasteiger partial charge in [0.25, 0.3) is 0 Å². The molecule has 17 heavy (non-hydrogen) atoms. The minimum absolute atomic E-state index is 0.0144. The van der Waals surface area contributed by atoms with Gasteiger partial charge in [-0.1, -0.05) is 18.2 Å². The second-order valence-corrected chi connectivity index (χ2v) is 3.48. The van der Waals surface area contributed by atoms with Crippen LogP contribution in [0.15, 0.2) is 24.3 Å². The molecule has 0 aromatic heterocycles. The third-order valence-electron chi connectivity index (χ3n) is 2.21. The number of nitrogens with zero attached hydrogens (tertiary/aromatic N) is 1. The lowest BCUT2D eigenvalue weighted by Crippen LogP contribution is -2.32. The summed E-state index contributed by atoms with van der Waals surface area (Å²) >= 11 is 0. The fourth-order valence-corrected chi connectivity index (χ4v) is 1.25. The van der Waals surface area contributed by atoms with Crippen molar-refractivity contribution in [1.82, 2.24) is 5.32 Å². The Hall–Kier alpha value is -1.74. The molecule has 0 radical (unpaired) electrons. The molecule has 1 atom stereocenters. The molecule has 0 fully saturated rings. The Bertz CT molecular complexity index is 412. The first-order valence-electron chi connectivity index (χ1n) is 4.89. The van der Waals surface area contributed by atoms with Crippen LogP contribution >= 0.6 is 0 Å². The number of para-hydroxylation sites is 1. The van der Waals surface area contributed by atoms with Crippen LogP contribution in [0.5, 0.6) is 5.75 Å². The van der Waals surface area contributed by atoms with Crippen LogP contribution in [0.4, 0.5) is 13.2 Å². The highest BCUT2D eigenvalue weighted by Gasteiger charge is 2.39. The van der Waals surface area contributed by atoms with Gasteiger partial charge < -0.3 is 10.4 Å². The molecule has 0 aliphatic heterocycles. The highest BCUT2D eigenvalue weighted by Crippen LogP contribution is 2.25. The van der Waals surface area contributed by atoms with E-state index in [0.717, 1.165) is 0 Å². The van der Waals surface area contributed by atoms with Gasteiger partial charge in [0.2, 0.25) is 0 Å². The van der Waals surface area contributed by atoms with Crippen LogP contribution < -0.4 is 5.32 Å². The summed E-state index contributed by atoms with van der Waals surface area (Å²) in [6.07, 6.45) is -4.53. The van der Waals surface area contributed by atoms with Crippen LogP contribution in [0.2, 0.25) is 0 Å². The molecule has 0 aliphatic rings. The predicted octanol–water partition coefficient (Wildman–Crippen LogP) is 2.18. The Morgan fingerprint density at radius 2 is 2.00 bits per heavy atom. The van der Waals surface area contributed by atoms with Gasteiger partial charge >= 0.3 is 6.18 Å². The van der Waals surface area contributed by atoms with E-state index in [1.54, 1.807) is 18.2 Å². The number of benzene rings is 1. The van der Waals surface area contributed by atoms with Crippen molar-refractivity contribution in [2.45, 2.75) is 12.7 Å². The van der Waals surface area contributed by atoms with Crippen molar-refractivity contribution in [3.8, 4) is 11.8 Å². The topological polar surface area (TPSA) is 56.0 Å². The zero-order valence-electron chi connectivity index (χ0n) is 8.83. The van der Waals surface area contributed by atoms with Crippen molar-refractivity contribution in [1.29, 1.82) is 5.26 Å². The van der Waals surface area contributed by atoms with E-state index >= 15 is 0 Å². The standard InChI is InChI=1S/C11H11F3N2O/c12-11(13,14)9(5-15)7-16-6-8-3-1-2-4-10(8)17/h1-4,9,16-17H,6-7H2. The molecule has 92 valence electrons. The first-order chi connectivity index (χ1) is 7.95. The van der Waals surface area contributed by atoms with Gasteiger partial charge in [0.1, 0.15) is 5.75 Å². The number of halogens is 3. The largest absolute Gasteiger partial charge is 0.508 e. The van der Waals surface area contributed by atoms with E-state index in [-0.39, 0.29) is 12.3 Å². The first kappa shape index (κ1) is 13.3. The molecule has 2 N–H and O–H groups in total. The summed E-state index contributed by atoms with van der Waals surface area (Å²) in [6, 6.07) is 7.52. The smallest absolute Gasteiger partial charge is 0.405 e. The number of phenols is 1. The number of hydrogen-bond donors (Lipinski definition) is 2. The minimum Gasteiger partial charge on any atom is -0.508 e. The van der Waals surface area contributed by atoms with E-state index in [1.807, 2.05) is 0 Å². The van der Waals surface area contributed by atoms with Gasteiger partial charge in [-0.15, -0.1) is 0 Å². The second kappa shape index (κ2) is 5.55. The Morgan fingerprint density at radius 3 is 2.53 bits per heavy atom. The Morgan fingerprint density at radius 1 is 1.35 bits per heavy atom. The molecule has 0 amide bonds. The Labute approximate surface area is 96.5 Å². The quantitative estimate of drug-likeness (QED) is 0.853. The molecule has 0 saturated heterocycles. The molecule has 0 saturated carbocycles. The van der Waals surface area contributed by atoms with Gasteiger partial charge in [-0.2, -0.15) is 18.4 Å². The van der Waals surface area contributed by atoms with Crippen molar-refractivity contribution < 1.29 is 18.3 Å². The first-order valence-corrected chi connectivity index (χ1v) is 4.89. The molecule has 0 spiro atoms. The lowest BCUT2D eigenvalue weighted by Gasteiger charge is -2.14. The number of alkyl halides is 3. The van der Waals surface area contributed by atoms with Crippen molar-refractivity contribution in [2.24, 2.45) is 5.92 Å². The van der Waals surface area contributed by atoms with Crippen LogP contribution in [0, 0.1) is 17.2 Å². The summed E-state index contributed by atoms with van der Waals surface area (Å²) in [6.45, 7) is -0.407. The van der Waals surface area contributed by atoms with Crippen molar-refractivity contribution in [3.63, 3.8) is 0 Å². The normalized spacial score (nSPS) is 13.1. The second-order valence-electron chi connectivity index (χ2n) is 3.48. The summed E-state index contributed by atoms with van der Waals surface area (Å²) in [5, 5.41) is 20.2. The van der Waals surface area contributed by atoms with Crippen molar-refractivity contribution >= 4 is 0 Å². The predicted molar refractivity (Wildman–Crippen MR) is 55.0 cm³/mol.